The molecule has 0 amide bonds. The molecule has 0 saturated carbocycles. The van der Waals surface area contributed by atoms with Crippen LogP contribution in [-0.4, -0.2) is 51.5 Å². The van der Waals surface area contributed by atoms with Gasteiger partial charge in [-0.15, -0.1) is 0 Å². The molecule has 1 aliphatic rings. The van der Waals surface area contributed by atoms with Crippen LogP contribution in [0.4, 0.5) is 11.6 Å². The number of benzene rings is 2. The number of hydrogen-bond acceptors (Lipinski definition) is 6. The molecule has 0 spiro atoms. The van der Waals surface area contributed by atoms with Gasteiger partial charge in [0, 0.05) is 31.9 Å². The summed E-state index contributed by atoms with van der Waals surface area (Å²) in [5.41, 5.74) is 3.29. The van der Waals surface area contributed by atoms with Crippen LogP contribution < -0.4 is 9.80 Å². The number of phenolic OH excluding ortho intramolecular Hbond substituents is 1. The van der Waals surface area contributed by atoms with Crippen molar-refractivity contribution in [3.63, 3.8) is 0 Å². The van der Waals surface area contributed by atoms with Crippen LogP contribution in [0.2, 0.25) is 0 Å². The normalized spacial score (nSPS) is 14.8. The molecule has 0 radical (unpaired) electrons. The van der Waals surface area contributed by atoms with Gasteiger partial charge in [-0.1, -0.05) is 22.8 Å². The lowest BCUT2D eigenvalue weighted by Crippen LogP contribution is -2.47. The van der Waals surface area contributed by atoms with Crippen molar-refractivity contribution in [1.29, 1.82) is 0 Å². The summed E-state index contributed by atoms with van der Waals surface area (Å²) in [5.74, 6) is 1.06. The Morgan fingerprint density at radius 2 is 1.40 bits per heavy atom. The first-order valence-corrected chi connectivity index (χ1v) is 8.35. The van der Waals surface area contributed by atoms with Gasteiger partial charge in [0.1, 0.15) is 5.75 Å². The van der Waals surface area contributed by atoms with Crippen LogP contribution in [0.15, 0.2) is 48.5 Å². The summed E-state index contributed by atoms with van der Waals surface area (Å²) in [6.07, 6.45) is 0. The minimum Gasteiger partial charge on any atom is -0.508 e. The highest BCUT2D eigenvalue weighted by Gasteiger charge is 2.22. The highest BCUT2D eigenvalue weighted by Crippen LogP contribution is 2.22. The highest BCUT2D eigenvalue weighted by molar-refractivity contribution is 5.51. The van der Waals surface area contributed by atoms with Crippen molar-refractivity contribution < 1.29 is 5.11 Å². The summed E-state index contributed by atoms with van der Waals surface area (Å²) in [7, 11) is 0. The molecule has 128 valence electrons. The van der Waals surface area contributed by atoms with Crippen LogP contribution in [0.1, 0.15) is 5.56 Å². The fraction of sp³-hybridized carbons (Fsp3) is 0.278. The molecule has 4 rings (SSSR count). The summed E-state index contributed by atoms with van der Waals surface area (Å²) in [6.45, 7) is 5.50. The van der Waals surface area contributed by atoms with Crippen molar-refractivity contribution in [1.82, 2.24) is 20.2 Å². The summed E-state index contributed by atoms with van der Waals surface area (Å²) in [6, 6.07) is 15.5. The van der Waals surface area contributed by atoms with Crippen molar-refractivity contribution in [2.24, 2.45) is 0 Å². The van der Waals surface area contributed by atoms with E-state index in [0.29, 0.717) is 5.75 Å². The second-order valence-corrected chi connectivity index (χ2v) is 6.22. The molecule has 0 atom stereocenters. The first-order chi connectivity index (χ1) is 12.2. The van der Waals surface area contributed by atoms with E-state index in [9.17, 15) is 5.11 Å². The lowest BCUT2D eigenvalue weighted by molar-refractivity contribution is 0.475. The Balaban J connectivity index is 1.49. The minimum atomic E-state index is 0.291. The van der Waals surface area contributed by atoms with Gasteiger partial charge in [0.15, 0.2) is 0 Å². The van der Waals surface area contributed by atoms with Gasteiger partial charge < -0.3 is 14.9 Å². The summed E-state index contributed by atoms with van der Waals surface area (Å²) in [5, 5.41) is 21.7. The molecule has 0 aliphatic carbocycles. The molecule has 25 heavy (non-hydrogen) atoms. The van der Waals surface area contributed by atoms with Gasteiger partial charge in [-0.3, -0.25) is 0 Å². The number of rotatable bonds is 3. The Hall–Kier alpha value is -3.09. The number of piperazine rings is 1. The van der Waals surface area contributed by atoms with Crippen LogP contribution in [-0.2, 0) is 0 Å². The second kappa shape index (κ2) is 6.43. The standard InChI is InChI=1S/C18H20N6O/c1-14-2-4-16(5-3-14)24-18(19-20-21-24)23-12-10-22(11-13-23)15-6-8-17(25)9-7-15/h2-9,25H,10-13H2,1H3. The smallest absolute Gasteiger partial charge is 0.250 e. The number of anilines is 2. The Labute approximate surface area is 146 Å². The first-order valence-electron chi connectivity index (χ1n) is 8.35. The SMILES string of the molecule is Cc1ccc(-n2nnnc2N2CCN(c3ccc(O)cc3)CC2)cc1. The lowest BCUT2D eigenvalue weighted by atomic mass is 10.2. The van der Waals surface area contributed by atoms with E-state index in [1.807, 2.05) is 24.3 Å². The van der Waals surface area contributed by atoms with E-state index in [-0.39, 0.29) is 0 Å². The third kappa shape index (κ3) is 3.13. The molecular formula is C18H20N6O. The highest BCUT2D eigenvalue weighted by atomic mass is 16.3. The fourth-order valence-electron chi connectivity index (χ4n) is 3.06. The fourth-order valence-corrected chi connectivity index (χ4v) is 3.06. The molecule has 3 aromatic rings. The molecule has 7 heteroatoms. The Morgan fingerprint density at radius 1 is 0.800 bits per heavy atom. The third-order valence-corrected chi connectivity index (χ3v) is 4.51. The average Bonchev–Trinajstić information content (AvgIpc) is 3.13. The molecule has 1 saturated heterocycles. The molecule has 2 heterocycles. The van der Waals surface area contributed by atoms with Gasteiger partial charge in [0.25, 0.3) is 0 Å². The van der Waals surface area contributed by atoms with E-state index in [2.05, 4.69) is 44.4 Å². The molecule has 7 nitrogen and oxygen atoms in total. The maximum atomic E-state index is 9.43. The van der Waals surface area contributed by atoms with Gasteiger partial charge in [0.05, 0.1) is 5.69 Å². The molecule has 1 N–H and O–H groups in total. The van der Waals surface area contributed by atoms with Gasteiger partial charge in [-0.25, -0.2) is 0 Å². The molecule has 0 bridgehead atoms. The Morgan fingerprint density at radius 3 is 2.08 bits per heavy atom. The predicted octanol–water partition coefficient (Wildman–Crippen LogP) is 2.00. The Kier molecular flexibility index (Phi) is 3.97. The van der Waals surface area contributed by atoms with Crippen molar-refractivity contribution in [2.75, 3.05) is 36.0 Å². The minimum absolute atomic E-state index is 0.291. The average molecular weight is 336 g/mol. The number of aromatic nitrogens is 4. The van der Waals surface area contributed by atoms with Crippen LogP contribution in [0.25, 0.3) is 5.69 Å². The van der Waals surface area contributed by atoms with E-state index in [4.69, 9.17) is 0 Å². The number of phenols is 1. The Bertz CT molecular complexity index is 835. The van der Waals surface area contributed by atoms with Gasteiger partial charge in [0.2, 0.25) is 5.95 Å². The van der Waals surface area contributed by atoms with Crippen molar-refractivity contribution >= 4 is 11.6 Å². The van der Waals surface area contributed by atoms with Crippen molar-refractivity contribution in [3.05, 3.63) is 54.1 Å². The first kappa shape index (κ1) is 15.4. The lowest BCUT2D eigenvalue weighted by Gasteiger charge is -2.36. The van der Waals surface area contributed by atoms with Gasteiger partial charge >= 0.3 is 0 Å². The number of nitrogens with zero attached hydrogens (tertiary/aromatic N) is 6. The zero-order valence-electron chi connectivity index (χ0n) is 14.1. The summed E-state index contributed by atoms with van der Waals surface area (Å²) < 4.78 is 1.79. The molecular weight excluding hydrogens is 316 g/mol. The van der Waals surface area contributed by atoms with Crippen molar-refractivity contribution in [3.8, 4) is 11.4 Å². The second-order valence-electron chi connectivity index (χ2n) is 6.22. The zero-order valence-corrected chi connectivity index (χ0v) is 14.1. The number of aromatic hydroxyl groups is 1. The number of hydrogen-bond donors (Lipinski definition) is 1. The van der Waals surface area contributed by atoms with Gasteiger partial charge in [-0.05, 0) is 53.7 Å². The summed E-state index contributed by atoms with van der Waals surface area (Å²) >= 11 is 0. The molecule has 2 aromatic carbocycles. The monoisotopic (exact) mass is 336 g/mol. The topological polar surface area (TPSA) is 70.3 Å². The van der Waals surface area contributed by atoms with Crippen LogP contribution in [0.3, 0.4) is 0 Å². The molecule has 1 fully saturated rings. The molecule has 1 aromatic heterocycles. The van der Waals surface area contributed by atoms with Crippen LogP contribution in [0.5, 0.6) is 5.75 Å². The molecule has 0 unspecified atom stereocenters. The van der Waals surface area contributed by atoms with E-state index in [1.165, 1.54) is 5.56 Å². The third-order valence-electron chi connectivity index (χ3n) is 4.51. The van der Waals surface area contributed by atoms with Crippen LogP contribution >= 0.6 is 0 Å². The van der Waals surface area contributed by atoms with E-state index >= 15 is 0 Å². The maximum absolute atomic E-state index is 9.43. The van der Waals surface area contributed by atoms with Crippen LogP contribution in [0, 0.1) is 6.92 Å². The summed E-state index contributed by atoms with van der Waals surface area (Å²) in [4.78, 5) is 4.51. The van der Waals surface area contributed by atoms with E-state index in [0.717, 1.165) is 43.5 Å². The quantitative estimate of drug-likeness (QED) is 0.789. The zero-order chi connectivity index (χ0) is 17.2. The van der Waals surface area contributed by atoms with Gasteiger partial charge in [-0.2, -0.15) is 4.68 Å². The maximum Gasteiger partial charge on any atom is 0.250 e. The van der Waals surface area contributed by atoms with E-state index < -0.39 is 0 Å². The van der Waals surface area contributed by atoms with E-state index in [1.54, 1.807) is 16.8 Å². The molecule has 1 aliphatic heterocycles. The predicted molar refractivity (Wildman–Crippen MR) is 96.4 cm³/mol. The number of tetrazole rings is 1. The van der Waals surface area contributed by atoms with Crippen molar-refractivity contribution in [2.45, 2.75) is 6.92 Å². The number of aryl methyl sites for hydroxylation is 1. The largest absolute Gasteiger partial charge is 0.508 e.